The second-order valence-electron chi connectivity index (χ2n) is 14.7. The molecule has 0 heterocycles. The lowest BCUT2D eigenvalue weighted by atomic mass is 9.46. The molecular weight excluding hydrogens is 528 g/mol. The summed E-state index contributed by atoms with van der Waals surface area (Å²) >= 11 is 0. The Bertz CT molecular complexity index is 977. The Kier molecular flexibility index (Phi) is 12.5. The van der Waals surface area contributed by atoms with Crippen molar-refractivity contribution >= 4 is 17.8 Å². The van der Waals surface area contributed by atoms with Crippen LogP contribution in [0.4, 0.5) is 0 Å². The standard InChI is InChI=1S/C34H60N4O4/c1-7-26(41-31(39)21-30(37)38-42-32(40)29(36)10-8-9-17-35)20-24-11-14-28-27(33(24,4)5)13-12-25-19-23(18-22(2)3)15-16-34(25,28)6/h13,22-26,28-29H,7-12,14-21,35-36H2,1-6H3,(H2,37,38)/t23?,24?,25?,26-,28?,29?,34-/m0/s1. The second kappa shape index (κ2) is 15.2. The van der Waals surface area contributed by atoms with Gasteiger partial charge < -0.3 is 26.8 Å². The molecule has 7 atom stereocenters. The van der Waals surface area contributed by atoms with Gasteiger partial charge in [-0.15, -0.1) is 0 Å². The molecule has 0 aromatic carbocycles. The van der Waals surface area contributed by atoms with E-state index in [4.69, 9.17) is 26.8 Å². The third kappa shape index (κ3) is 8.58. The molecule has 8 nitrogen and oxygen atoms in total. The van der Waals surface area contributed by atoms with Crippen LogP contribution in [0.1, 0.15) is 125 Å². The number of hydrogen-bond acceptors (Lipinski definition) is 7. The van der Waals surface area contributed by atoms with E-state index in [2.05, 4.69) is 52.8 Å². The van der Waals surface area contributed by atoms with Crippen LogP contribution >= 0.6 is 0 Å². The van der Waals surface area contributed by atoms with E-state index in [0.29, 0.717) is 30.2 Å². The minimum absolute atomic E-state index is 0.0725. The lowest BCUT2D eigenvalue weighted by molar-refractivity contribution is -0.150. The highest BCUT2D eigenvalue weighted by atomic mass is 16.7. The Morgan fingerprint density at radius 1 is 1.12 bits per heavy atom. The summed E-state index contributed by atoms with van der Waals surface area (Å²) in [4.78, 5) is 29.6. The van der Waals surface area contributed by atoms with E-state index >= 15 is 0 Å². The number of ether oxygens (including phenoxy) is 1. The van der Waals surface area contributed by atoms with E-state index in [1.165, 1.54) is 38.5 Å². The van der Waals surface area contributed by atoms with Crippen LogP contribution < -0.4 is 17.2 Å². The first-order chi connectivity index (χ1) is 19.8. The van der Waals surface area contributed by atoms with Crippen molar-refractivity contribution < 1.29 is 19.2 Å². The van der Waals surface area contributed by atoms with Crippen molar-refractivity contribution in [1.29, 1.82) is 0 Å². The van der Waals surface area contributed by atoms with Gasteiger partial charge in [-0.1, -0.05) is 64.8 Å². The maximum Gasteiger partial charge on any atom is 0.351 e. The Labute approximate surface area is 254 Å². The first-order valence-corrected chi connectivity index (χ1v) is 16.7. The number of unbranched alkanes of at least 4 members (excludes halogenated alkanes) is 1. The first kappa shape index (κ1) is 34.6. The van der Waals surface area contributed by atoms with E-state index in [1.54, 1.807) is 5.57 Å². The summed E-state index contributed by atoms with van der Waals surface area (Å²) in [6.07, 6.45) is 14.8. The van der Waals surface area contributed by atoms with Crippen molar-refractivity contribution in [2.75, 3.05) is 6.54 Å². The number of amidine groups is 1. The maximum absolute atomic E-state index is 12.7. The summed E-state index contributed by atoms with van der Waals surface area (Å²) in [6, 6.07) is -0.796. The minimum Gasteiger partial charge on any atom is -0.462 e. The Morgan fingerprint density at radius 3 is 2.52 bits per heavy atom. The lowest BCUT2D eigenvalue weighted by Gasteiger charge is -2.58. The van der Waals surface area contributed by atoms with Crippen LogP contribution in [0, 0.1) is 40.4 Å². The minimum atomic E-state index is -0.796. The summed E-state index contributed by atoms with van der Waals surface area (Å²) in [5.74, 6) is 2.36. The number of hydrogen-bond donors (Lipinski definition) is 3. The topological polar surface area (TPSA) is 143 Å². The average molecular weight is 589 g/mol. The SMILES string of the molecule is CC[C@@H](CC1CCC2C(=CCC3CC(CC(C)C)CC[C@@]32C)C1(C)C)OC(=O)C/C(N)=N/OC(=O)C(N)CCCCN. The number of carbonyl (C=O) groups is 2. The molecule has 0 amide bonds. The van der Waals surface area contributed by atoms with Gasteiger partial charge in [0.1, 0.15) is 18.6 Å². The zero-order chi connectivity index (χ0) is 31.1. The van der Waals surface area contributed by atoms with Gasteiger partial charge in [-0.2, -0.15) is 0 Å². The van der Waals surface area contributed by atoms with E-state index in [0.717, 1.165) is 49.9 Å². The molecular formula is C34H60N4O4. The molecule has 0 saturated heterocycles. The van der Waals surface area contributed by atoms with E-state index in [-0.39, 0.29) is 23.8 Å². The highest BCUT2D eigenvalue weighted by Gasteiger charge is 2.53. The summed E-state index contributed by atoms with van der Waals surface area (Å²) in [5.41, 5.74) is 19.3. The van der Waals surface area contributed by atoms with Gasteiger partial charge in [0.05, 0.1) is 0 Å². The van der Waals surface area contributed by atoms with Crippen LogP contribution in [-0.4, -0.2) is 36.5 Å². The fourth-order valence-corrected chi connectivity index (χ4v) is 8.38. The molecule has 2 fully saturated rings. The summed E-state index contributed by atoms with van der Waals surface area (Å²) in [5, 5.41) is 3.62. The van der Waals surface area contributed by atoms with E-state index in [9.17, 15) is 9.59 Å². The largest absolute Gasteiger partial charge is 0.462 e. The predicted molar refractivity (Wildman–Crippen MR) is 169 cm³/mol. The molecule has 0 aromatic rings. The van der Waals surface area contributed by atoms with Crippen LogP contribution in [0.5, 0.6) is 0 Å². The third-order valence-electron chi connectivity index (χ3n) is 11.0. The Hall–Kier alpha value is -1.93. The second-order valence-corrected chi connectivity index (χ2v) is 14.7. The molecule has 0 spiro atoms. The highest BCUT2D eigenvalue weighted by Crippen LogP contribution is 2.63. The smallest absolute Gasteiger partial charge is 0.351 e. The molecule has 3 aliphatic carbocycles. The van der Waals surface area contributed by atoms with Crippen molar-refractivity contribution in [1.82, 2.24) is 0 Å². The number of rotatable bonds is 14. The third-order valence-corrected chi connectivity index (χ3v) is 11.0. The average Bonchev–Trinajstić information content (AvgIpc) is 2.92. The number of allylic oxidation sites excluding steroid dienone is 2. The van der Waals surface area contributed by atoms with Crippen molar-refractivity contribution in [3.05, 3.63) is 11.6 Å². The van der Waals surface area contributed by atoms with Crippen molar-refractivity contribution in [2.24, 2.45) is 62.8 Å². The van der Waals surface area contributed by atoms with Crippen LogP contribution in [0.15, 0.2) is 16.8 Å². The first-order valence-electron chi connectivity index (χ1n) is 16.7. The molecule has 6 N–H and O–H groups in total. The molecule has 240 valence electrons. The van der Waals surface area contributed by atoms with E-state index < -0.39 is 18.0 Å². The van der Waals surface area contributed by atoms with Crippen LogP contribution in [0.2, 0.25) is 0 Å². The van der Waals surface area contributed by atoms with Gasteiger partial charge in [0.15, 0.2) is 5.84 Å². The molecule has 8 heteroatoms. The van der Waals surface area contributed by atoms with Gasteiger partial charge in [-0.05, 0) is 118 Å². The van der Waals surface area contributed by atoms with Gasteiger partial charge >= 0.3 is 11.9 Å². The molecule has 3 rings (SSSR count). The van der Waals surface area contributed by atoms with E-state index in [1.807, 2.05) is 0 Å². The van der Waals surface area contributed by atoms with Crippen LogP contribution in [0.3, 0.4) is 0 Å². The molecule has 0 radical (unpaired) electrons. The van der Waals surface area contributed by atoms with Crippen molar-refractivity contribution in [3.8, 4) is 0 Å². The zero-order valence-electron chi connectivity index (χ0n) is 27.3. The van der Waals surface area contributed by atoms with Gasteiger partial charge in [0.2, 0.25) is 0 Å². The number of nitrogens with zero attached hydrogens (tertiary/aromatic N) is 1. The van der Waals surface area contributed by atoms with Gasteiger partial charge in [-0.25, -0.2) is 4.79 Å². The Balaban J connectivity index is 1.55. The molecule has 42 heavy (non-hydrogen) atoms. The van der Waals surface area contributed by atoms with Crippen molar-refractivity contribution in [2.45, 2.75) is 137 Å². The fraction of sp³-hybridized carbons (Fsp3) is 0.853. The summed E-state index contributed by atoms with van der Waals surface area (Å²) in [7, 11) is 0. The number of carbonyl (C=O) groups excluding carboxylic acids is 2. The number of esters is 1. The molecule has 2 saturated carbocycles. The lowest BCUT2D eigenvalue weighted by Crippen LogP contribution is -2.49. The molecule has 0 aromatic heterocycles. The number of oxime groups is 1. The summed E-state index contributed by atoms with van der Waals surface area (Å²) in [6.45, 7) is 14.7. The number of nitrogens with two attached hydrogens (primary N) is 3. The maximum atomic E-state index is 12.7. The highest BCUT2D eigenvalue weighted by molar-refractivity contribution is 5.96. The quantitative estimate of drug-likeness (QED) is 0.0416. The van der Waals surface area contributed by atoms with Gasteiger partial charge in [0, 0.05) is 0 Å². The van der Waals surface area contributed by atoms with Crippen LogP contribution in [0.25, 0.3) is 0 Å². The number of fused-ring (bicyclic) bond motifs is 3. The normalized spacial score (nSPS) is 30.5. The predicted octanol–water partition coefficient (Wildman–Crippen LogP) is 6.21. The zero-order valence-corrected chi connectivity index (χ0v) is 27.3. The molecule has 0 aliphatic heterocycles. The Morgan fingerprint density at radius 2 is 1.86 bits per heavy atom. The monoisotopic (exact) mass is 588 g/mol. The molecule has 0 bridgehead atoms. The van der Waals surface area contributed by atoms with Crippen LogP contribution in [-0.2, 0) is 19.2 Å². The fourth-order valence-electron chi connectivity index (χ4n) is 8.38. The van der Waals surface area contributed by atoms with Gasteiger partial charge in [-0.3, -0.25) is 4.79 Å². The van der Waals surface area contributed by atoms with Crippen molar-refractivity contribution in [3.63, 3.8) is 0 Å². The molecule has 5 unspecified atom stereocenters. The van der Waals surface area contributed by atoms with Gasteiger partial charge in [0.25, 0.3) is 0 Å². The summed E-state index contributed by atoms with van der Waals surface area (Å²) < 4.78 is 5.88. The molecule has 3 aliphatic rings.